The number of benzene rings is 2. The van der Waals surface area contributed by atoms with Crippen molar-refractivity contribution in [3.8, 4) is 11.5 Å². The van der Waals surface area contributed by atoms with E-state index in [9.17, 15) is 18.9 Å². The molecular weight excluding hydrogens is 530 g/mol. The molecule has 1 unspecified atom stereocenters. The molecule has 0 fully saturated rings. The fourth-order valence-electron chi connectivity index (χ4n) is 3.74. The number of phenolic OH excluding ortho intramolecular Hbond substituents is 1. The van der Waals surface area contributed by atoms with E-state index in [4.69, 9.17) is 25.3 Å². The number of ether oxygens (including phenoxy) is 2. The van der Waals surface area contributed by atoms with Crippen LogP contribution in [0.2, 0.25) is 5.02 Å². The molecule has 38 heavy (non-hydrogen) atoms. The summed E-state index contributed by atoms with van der Waals surface area (Å²) in [5.74, 6) is -1.51. The van der Waals surface area contributed by atoms with Crippen LogP contribution in [0.15, 0.2) is 36.4 Å². The molecule has 2 rings (SSSR count). The van der Waals surface area contributed by atoms with Crippen LogP contribution in [0.3, 0.4) is 0 Å². The summed E-state index contributed by atoms with van der Waals surface area (Å²) in [6.45, 7) is 4.31. The Bertz CT molecular complexity index is 1060. The second kappa shape index (κ2) is 17.7. The number of anilines is 1. The SMILES string of the molecule is CCCCCCCCCCCCOC(=O)c1cccc(OS(=O)Nc2cc(Cl)c(O)c(C(=O)OCC)c2)c1. The molecule has 2 aromatic rings. The third-order valence-corrected chi connectivity index (χ3v) is 6.77. The minimum Gasteiger partial charge on any atom is -0.505 e. The van der Waals surface area contributed by atoms with Crippen molar-refractivity contribution in [1.29, 1.82) is 0 Å². The second-order valence-electron chi connectivity index (χ2n) is 8.84. The van der Waals surface area contributed by atoms with Gasteiger partial charge in [-0.2, -0.15) is 4.21 Å². The van der Waals surface area contributed by atoms with Gasteiger partial charge in [0.15, 0.2) is 0 Å². The molecule has 0 saturated carbocycles. The fraction of sp³-hybridized carbons (Fsp3) is 0.500. The monoisotopic (exact) mass is 567 g/mol. The summed E-state index contributed by atoms with van der Waals surface area (Å²) in [7, 11) is 0. The normalized spacial score (nSPS) is 11.6. The van der Waals surface area contributed by atoms with Gasteiger partial charge >= 0.3 is 23.2 Å². The van der Waals surface area contributed by atoms with E-state index in [1.807, 2.05) is 0 Å². The maximum Gasteiger partial charge on any atom is 0.342 e. The highest BCUT2D eigenvalue weighted by atomic mass is 35.5. The summed E-state index contributed by atoms with van der Waals surface area (Å²) < 4.78 is 30.7. The molecule has 0 aliphatic carbocycles. The van der Waals surface area contributed by atoms with Gasteiger partial charge in [-0.3, -0.25) is 4.72 Å². The summed E-state index contributed by atoms with van der Waals surface area (Å²) >= 11 is 3.89. The van der Waals surface area contributed by atoms with Crippen LogP contribution in [-0.2, 0) is 20.7 Å². The molecule has 0 aliphatic heterocycles. The Kier molecular flexibility index (Phi) is 14.6. The van der Waals surface area contributed by atoms with E-state index in [0.717, 1.165) is 19.3 Å². The number of unbranched alkanes of at least 4 members (excludes halogenated alkanes) is 9. The van der Waals surface area contributed by atoms with Gasteiger partial charge in [0.05, 0.1) is 29.5 Å². The quantitative estimate of drug-likeness (QED) is 0.110. The highest BCUT2D eigenvalue weighted by molar-refractivity contribution is 7.81. The van der Waals surface area contributed by atoms with E-state index in [1.165, 1.54) is 63.1 Å². The summed E-state index contributed by atoms with van der Waals surface area (Å²) in [5.41, 5.74) is 0.274. The first-order valence-corrected chi connectivity index (χ1v) is 14.6. The lowest BCUT2D eigenvalue weighted by Gasteiger charge is -2.11. The third-order valence-electron chi connectivity index (χ3n) is 5.73. The largest absolute Gasteiger partial charge is 0.505 e. The lowest BCUT2D eigenvalue weighted by atomic mass is 10.1. The Balaban J connectivity index is 1.78. The second-order valence-corrected chi connectivity index (χ2v) is 10.1. The van der Waals surface area contributed by atoms with Crippen molar-refractivity contribution in [2.24, 2.45) is 0 Å². The van der Waals surface area contributed by atoms with Gasteiger partial charge in [-0.15, -0.1) is 0 Å². The van der Waals surface area contributed by atoms with Crippen molar-refractivity contribution in [2.45, 2.75) is 78.1 Å². The van der Waals surface area contributed by atoms with Gasteiger partial charge < -0.3 is 18.8 Å². The molecule has 10 heteroatoms. The van der Waals surface area contributed by atoms with E-state index in [0.29, 0.717) is 6.61 Å². The maximum atomic E-state index is 12.5. The molecule has 0 bridgehead atoms. The number of rotatable bonds is 18. The lowest BCUT2D eigenvalue weighted by Crippen LogP contribution is -2.13. The summed E-state index contributed by atoms with van der Waals surface area (Å²) in [4.78, 5) is 24.4. The molecule has 1 atom stereocenters. The average Bonchev–Trinajstić information content (AvgIpc) is 2.89. The molecule has 0 radical (unpaired) electrons. The van der Waals surface area contributed by atoms with Crippen LogP contribution in [-0.4, -0.2) is 34.5 Å². The first-order valence-electron chi connectivity index (χ1n) is 13.2. The zero-order valence-electron chi connectivity index (χ0n) is 22.1. The number of halogens is 1. The van der Waals surface area contributed by atoms with Crippen LogP contribution in [0.1, 0.15) is 98.8 Å². The predicted octanol–water partition coefficient (Wildman–Crippen LogP) is 7.37. The van der Waals surface area contributed by atoms with Gasteiger partial charge in [0.2, 0.25) is 0 Å². The van der Waals surface area contributed by atoms with Crippen molar-refractivity contribution >= 4 is 40.5 Å². The molecule has 2 aromatic carbocycles. The molecule has 0 saturated heterocycles. The highest BCUT2D eigenvalue weighted by Gasteiger charge is 2.18. The Labute approximate surface area is 232 Å². The van der Waals surface area contributed by atoms with Crippen molar-refractivity contribution in [3.05, 3.63) is 52.5 Å². The minimum absolute atomic E-state index is 0.112. The topological polar surface area (TPSA) is 111 Å². The van der Waals surface area contributed by atoms with Crippen molar-refractivity contribution in [1.82, 2.24) is 0 Å². The zero-order chi connectivity index (χ0) is 27.8. The Hall–Kier alpha value is -2.78. The van der Waals surface area contributed by atoms with Crippen LogP contribution in [0.25, 0.3) is 0 Å². The van der Waals surface area contributed by atoms with Gasteiger partial charge in [0.25, 0.3) is 0 Å². The van der Waals surface area contributed by atoms with Crippen molar-refractivity contribution in [3.63, 3.8) is 0 Å². The predicted molar refractivity (Wildman–Crippen MR) is 150 cm³/mol. The lowest BCUT2D eigenvalue weighted by molar-refractivity contribution is 0.0494. The van der Waals surface area contributed by atoms with Gasteiger partial charge in [-0.05, 0) is 43.7 Å². The molecule has 0 aliphatic rings. The molecule has 0 spiro atoms. The first-order chi connectivity index (χ1) is 18.3. The number of aromatic hydroxyl groups is 1. The van der Waals surface area contributed by atoms with Crippen molar-refractivity contribution in [2.75, 3.05) is 17.9 Å². The average molecular weight is 568 g/mol. The van der Waals surface area contributed by atoms with E-state index >= 15 is 0 Å². The molecule has 0 heterocycles. The van der Waals surface area contributed by atoms with E-state index in [1.54, 1.807) is 25.1 Å². The fourth-order valence-corrected chi connectivity index (χ4v) is 4.59. The molecule has 2 N–H and O–H groups in total. The van der Waals surface area contributed by atoms with Crippen LogP contribution < -0.4 is 8.91 Å². The van der Waals surface area contributed by atoms with Crippen LogP contribution in [0, 0.1) is 0 Å². The molecule has 0 aromatic heterocycles. The van der Waals surface area contributed by atoms with Crippen LogP contribution >= 0.6 is 11.6 Å². The van der Waals surface area contributed by atoms with E-state index in [-0.39, 0.29) is 34.2 Å². The number of esters is 2. The van der Waals surface area contributed by atoms with Crippen LogP contribution in [0.5, 0.6) is 11.5 Å². The van der Waals surface area contributed by atoms with Crippen LogP contribution in [0.4, 0.5) is 5.69 Å². The van der Waals surface area contributed by atoms with E-state index in [2.05, 4.69) is 11.6 Å². The number of carbonyl (C=O) groups is 2. The van der Waals surface area contributed by atoms with Gasteiger partial charge in [-0.25, -0.2) is 9.59 Å². The number of hydrogen-bond acceptors (Lipinski definition) is 7. The first kappa shape index (κ1) is 31.4. The number of nitrogens with one attached hydrogen (secondary N) is 1. The molecule has 8 nitrogen and oxygen atoms in total. The standard InChI is InChI=1S/C28H38ClNO7S/c1-3-5-6-7-8-9-10-11-12-13-17-36-27(32)21-15-14-16-23(18-21)37-38(34)30-22-19-24(28(33)35-4-2)26(31)25(29)20-22/h14-16,18-20,30-31H,3-13,17H2,1-2H3. The summed E-state index contributed by atoms with van der Waals surface area (Å²) in [6, 6.07) is 8.72. The van der Waals surface area contributed by atoms with Gasteiger partial charge in [0, 0.05) is 0 Å². The molecule has 0 amide bonds. The van der Waals surface area contributed by atoms with Gasteiger partial charge in [-0.1, -0.05) is 82.4 Å². The zero-order valence-corrected chi connectivity index (χ0v) is 23.7. The van der Waals surface area contributed by atoms with Gasteiger partial charge in [0.1, 0.15) is 17.1 Å². The molecule has 210 valence electrons. The minimum atomic E-state index is -2.09. The van der Waals surface area contributed by atoms with E-state index < -0.39 is 29.0 Å². The van der Waals surface area contributed by atoms with Crippen molar-refractivity contribution < 1.29 is 32.6 Å². The Morgan fingerprint density at radius 3 is 2.21 bits per heavy atom. The maximum absolute atomic E-state index is 12.5. The number of phenols is 1. The summed E-state index contributed by atoms with van der Waals surface area (Å²) in [5, 5.41) is 9.90. The molecular formula is C28H38ClNO7S. The third kappa shape index (κ3) is 11.3. The summed E-state index contributed by atoms with van der Waals surface area (Å²) in [6.07, 6.45) is 12.0. The smallest absolute Gasteiger partial charge is 0.342 e. The Morgan fingerprint density at radius 2 is 1.55 bits per heavy atom. The number of carbonyl (C=O) groups excluding carboxylic acids is 2. The number of hydrogen-bond donors (Lipinski definition) is 2. The highest BCUT2D eigenvalue weighted by Crippen LogP contribution is 2.32. The Morgan fingerprint density at radius 1 is 0.895 bits per heavy atom.